The Morgan fingerprint density at radius 2 is 1.65 bits per heavy atom. The Morgan fingerprint density at radius 3 is 2.35 bits per heavy atom. The van der Waals surface area contributed by atoms with Crippen molar-refractivity contribution in [1.29, 1.82) is 0 Å². The van der Waals surface area contributed by atoms with E-state index in [9.17, 15) is 8.78 Å². The minimum Gasteiger partial charge on any atom is -0.324 e. The van der Waals surface area contributed by atoms with Gasteiger partial charge in [0, 0.05) is 6.20 Å². The molecule has 0 unspecified atom stereocenters. The summed E-state index contributed by atoms with van der Waals surface area (Å²) in [6.45, 7) is 10.1. The summed E-state index contributed by atoms with van der Waals surface area (Å²) in [5.41, 5.74) is 5.18. The van der Waals surface area contributed by atoms with Crippen molar-refractivity contribution in [2.75, 3.05) is 0 Å². The van der Waals surface area contributed by atoms with Gasteiger partial charge in [0.15, 0.2) is 5.83 Å². The van der Waals surface area contributed by atoms with Crippen LogP contribution in [0.3, 0.4) is 0 Å². The van der Waals surface area contributed by atoms with Crippen molar-refractivity contribution in [3.05, 3.63) is 88.8 Å². The van der Waals surface area contributed by atoms with Crippen LogP contribution in [0, 0.1) is 26.6 Å². The molecule has 0 fully saturated rings. The Bertz CT molecular complexity index is 912. The summed E-state index contributed by atoms with van der Waals surface area (Å²) in [6.07, 6.45) is 1.36. The summed E-state index contributed by atoms with van der Waals surface area (Å²) in [5, 5.41) is 2.92. The third-order valence-electron chi connectivity index (χ3n) is 4.40. The van der Waals surface area contributed by atoms with E-state index in [4.69, 9.17) is 0 Å². The van der Waals surface area contributed by atoms with Crippen LogP contribution in [0.15, 0.2) is 65.7 Å². The number of nitrogens with one attached hydrogen (secondary N) is 1. The first kappa shape index (κ1) is 17.9. The molecule has 1 aliphatic rings. The highest BCUT2D eigenvalue weighted by Crippen LogP contribution is 2.25. The predicted molar refractivity (Wildman–Crippen MR) is 101 cm³/mol. The first-order valence-corrected chi connectivity index (χ1v) is 8.35. The first-order chi connectivity index (χ1) is 12.3. The molecule has 1 N–H and O–H groups in total. The largest absolute Gasteiger partial charge is 0.324 e. The smallest absolute Gasteiger partial charge is 0.208 e. The molecule has 3 nitrogen and oxygen atoms in total. The summed E-state index contributed by atoms with van der Waals surface area (Å²) in [5.74, 6) is -0.282. The van der Waals surface area contributed by atoms with Crippen LogP contribution in [0.2, 0.25) is 0 Å². The Morgan fingerprint density at radius 1 is 1.00 bits per heavy atom. The van der Waals surface area contributed by atoms with Gasteiger partial charge in [0.2, 0.25) is 5.96 Å². The number of aliphatic imine (C=N–C) groups is 1. The number of halogens is 2. The van der Waals surface area contributed by atoms with Crippen LogP contribution in [0.4, 0.5) is 14.5 Å². The number of benzene rings is 2. The van der Waals surface area contributed by atoms with Crippen LogP contribution in [-0.2, 0) is 6.54 Å². The molecule has 0 spiro atoms. The van der Waals surface area contributed by atoms with E-state index in [1.807, 2.05) is 19.9 Å². The molecule has 0 radical (unpaired) electrons. The van der Waals surface area contributed by atoms with Crippen molar-refractivity contribution in [3.8, 4) is 0 Å². The van der Waals surface area contributed by atoms with Gasteiger partial charge in [0.05, 0.1) is 17.9 Å². The van der Waals surface area contributed by atoms with Gasteiger partial charge in [-0.25, -0.2) is 13.8 Å². The van der Waals surface area contributed by atoms with Crippen LogP contribution >= 0.6 is 0 Å². The number of nitrogens with zero attached hydrogens (tertiary/aromatic N) is 2. The lowest BCUT2D eigenvalue weighted by atomic mass is 10.1. The topological polar surface area (TPSA) is 27.6 Å². The number of allylic oxidation sites excluding steroid dienone is 1. The average Bonchev–Trinajstić information content (AvgIpc) is 2.59. The van der Waals surface area contributed by atoms with E-state index in [0.717, 1.165) is 22.4 Å². The molecule has 2 aromatic carbocycles. The van der Waals surface area contributed by atoms with E-state index in [1.165, 1.54) is 23.9 Å². The molecule has 26 heavy (non-hydrogen) atoms. The maximum absolute atomic E-state index is 14.0. The van der Waals surface area contributed by atoms with E-state index >= 15 is 0 Å². The number of hydrogen-bond donors (Lipinski definition) is 1. The number of aryl methyl sites for hydroxylation is 3. The molecule has 0 atom stereocenters. The molecule has 0 aliphatic carbocycles. The second-order valence-electron chi connectivity index (χ2n) is 6.49. The quantitative estimate of drug-likeness (QED) is 0.824. The van der Waals surface area contributed by atoms with Crippen molar-refractivity contribution < 1.29 is 8.78 Å². The monoisotopic (exact) mass is 353 g/mol. The second kappa shape index (κ2) is 7.12. The molecular formula is C21H21F2N3. The SMILES string of the molecule is C=C1NC(=Nc2cc(C)c(C)cc2C)N(Cc2ccc(F)cc2)C=C1F. The third kappa shape index (κ3) is 3.82. The highest BCUT2D eigenvalue weighted by atomic mass is 19.1. The minimum atomic E-state index is -0.456. The van der Waals surface area contributed by atoms with Gasteiger partial charge in [-0.1, -0.05) is 24.8 Å². The van der Waals surface area contributed by atoms with Gasteiger partial charge in [-0.3, -0.25) is 0 Å². The summed E-state index contributed by atoms with van der Waals surface area (Å²) in [6, 6.07) is 10.2. The zero-order valence-electron chi connectivity index (χ0n) is 15.1. The fraction of sp³-hybridized carbons (Fsp3) is 0.190. The normalized spacial score (nSPS) is 15.9. The van der Waals surface area contributed by atoms with Crippen molar-refractivity contribution in [2.24, 2.45) is 4.99 Å². The van der Waals surface area contributed by atoms with Gasteiger partial charge in [0.1, 0.15) is 5.82 Å². The zero-order chi connectivity index (χ0) is 18.8. The lowest BCUT2D eigenvalue weighted by molar-refractivity contribution is 0.482. The number of hydrogen-bond acceptors (Lipinski definition) is 1. The summed E-state index contributed by atoms with van der Waals surface area (Å²) in [7, 11) is 0. The van der Waals surface area contributed by atoms with E-state index in [1.54, 1.807) is 17.0 Å². The second-order valence-corrected chi connectivity index (χ2v) is 6.49. The average molecular weight is 353 g/mol. The predicted octanol–water partition coefficient (Wildman–Crippen LogP) is 5.17. The molecular weight excluding hydrogens is 332 g/mol. The molecule has 0 bridgehead atoms. The maximum Gasteiger partial charge on any atom is 0.208 e. The van der Waals surface area contributed by atoms with E-state index in [2.05, 4.69) is 29.9 Å². The third-order valence-corrected chi connectivity index (χ3v) is 4.40. The molecule has 1 aliphatic heterocycles. The van der Waals surface area contributed by atoms with Crippen molar-refractivity contribution in [1.82, 2.24) is 10.2 Å². The first-order valence-electron chi connectivity index (χ1n) is 8.35. The zero-order valence-corrected chi connectivity index (χ0v) is 15.1. The van der Waals surface area contributed by atoms with Gasteiger partial charge in [0.25, 0.3) is 0 Å². The van der Waals surface area contributed by atoms with Crippen molar-refractivity contribution >= 4 is 11.6 Å². The highest BCUT2D eigenvalue weighted by molar-refractivity contribution is 5.87. The Hall–Kier alpha value is -2.95. The lowest BCUT2D eigenvalue weighted by Gasteiger charge is -2.28. The summed E-state index contributed by atoms with van der Waals surface area (Å²) in [4.78, 5) is 6.34. The van der Waals surface area contributed by atoms with E-state index < -0.39 is 5.83 Å². The fourth-order valence-electron chi connectivity index (χ4n) is 2.72. The molecule has 5 heteroatoms. The number of rotatable bonds is 3. The molecule has 0 amide bonds. The van der Waals surface area contributed by atoms with Crippen molar-refractivity contribution in [2.45, 2.75) is 27.3 Å². The van der Waals surface area contributed by atoms with Gasteiger partial charge < -0.3 is 10.2 Å². The molecule has 134 valence electrons. The molecule has 0 aromatic heterocycles. The molecule has 0 saturated carbocycles. The Kier molecular flexibility index (Phi) is 4.89. The highest BCUT2D eigenvalue weighted by Gasteiger charge is 2.20. The van der Waals surface area contributed by atoms with Gasteiger partial charge >= 0.3 is 0 Å². The number of guanidine groups is 1. The standard InChI is InChI=1S/C21H21F2N3/c1-13-9-15(3)20(10-14(13)2)25-21-24-16(4)19(23)12-26(21)11-17-5-7-18(22)8-6-17/h5-10,12H,4,11H2,1-3H3,(H,24,25). The van der Waals surface area contributed by atoms with Gasteiger partial charge in [-0.15, -0.1) is 0 Å². The molecule has 3 rings (SSSR count). The van der Waals surface area contributed by atoms with Crippen LogP contribution in [0.1, 0.15) is 22.3 Å². The summed E-state index contributed by atoms with van der Waals surface area (Å²) < 4.78 is 27.2. The molecule has 0 saturated heterocycles. The fourth-order valence-corrected chi connectivity index (χ4v) is 2.72. The molecule has 1 heterocycles. The maximum atomic E-state index is 14.0. The van der Waals surface area contributed by atoms with Crippen LogP contribution in [0.5, 0.6) is 0 Å². The summed E-state index contributed by atoms with van der Waals surface area (Å²) >= 11 is 0. The Balaban J connectivity index is 1.98. The Labute approximate surface area is 152 Å². The van der Waals surface area contributed by atoms with Gasteiger partial charge in [-0.05, 0) is 61.2 Å². The molecule has 2 aromatic rings. The lowest BCUT2D eigenvalue weighted by Crippen LogP contribution is -2.40. The van der Waals surface area contributed by atoms with Crippen LogP contribution in [0.25, 0.3) is 0 Å². The minimum absolute atomic E-state index is 0.167. The van der Waals surface area contributed by atoms with E-state index in [-0.39, 0.29) is 11.5 Å². The van der Waals surface area contributed by atoms with E-state index in [0.29, 0.717) is 12.5 Å². The van der Waals surface area contributed by atoms with Gasteiger partial charge in [-0.2, -0.15) is 0 Å². The van der Waals surface area contributed by atoms with Crippen LogP contribution in [-0.4, -0.2) is 10.9 Å². The van der Waals surface area contributed by atoms with Crippen molar-refractivity contribution in [3.63, 3.8) is 0 Å². The van der Waals surface area contributed by atoms with Crippen LogP contribution < -0.4 is 5.32 Å².